The lowest BCUT2D eigenvalue weighted by molar-refractivity contribution is 1.18. The molecule has 3 heterocycles. The number of para-hydroxylation sites is 2. The minimum Gasteiger partial charge on any atom is -0.309 e. The maximum Gasteiger partial charge on any atom is 0.0640 e. The molecule has 9 aromatic rings. The average molecular weight is 557 g/mol. The highest BCUT2D eigenvalue weighted by molar-refractivity contribution is 7.26. The molecule has 0 aliphatic carbocycles. The van der Waals surface area contributed by atoms with Crippen LogP contribution in [0, 0.1) is 20.8 Å². The zero-order valence-electron chi connectivity index (χ0n) is 23.8. The summed E-state index contributed by atoms with van der Waals surface area (Å²) in [5.41, 5.74) is 11.3. The van der Waals surface area contributed by atoms with E-state index in [2.05, 4.69) is 145 Å². The minimum absolute atomic E-state index is 1.22. The Kier molecular flexibility index (Phi) is 4.86. The second-order valence-corrected chi connectivity index (χ2v) is 12.7. The monoisotopic (exact) mass is 556 g/mol. The predicted octanol–water partition coefficient (Wildman–Crippen LogP) is 11.2. The molecule has 3 heteroatoms. The van der Waals surface area contributed by atoms with Crippen molar-refractivity contribution in [3.8, 4) is 11.4 Å². The number of rotatable bonds is 2. The van der Waals surface area contributed by atoms with Crippen LogP contribution in [-0.2, 0) is 0 Å². The third-order valence-corrected chi connectivity index (χ3v) is 10.3. The Morgan fingerprint density at radius 2 is 1.00 bits per heavy atom. The van der Waals surface area contributed by atoms with Gasteiger partial charge in [0.2, 0.25) is 0 Å². The molecule has 0 saturated heterocycles. The third kappa shape index (κ3) is 3.20. The third-order valence-electron chi connectivity index (χ3n) is 8.90. The van der Waals surface area contributed by atoms with Crippen LogP contribution in [0.2, 0.25) is 0 Å². The first-order chi connectivity index (χ1) is 20.6. The second-order valence-electron chi connectivity index (χ2n) is 11.6. The van der Waals surface area contributed by atoms with Gasteiger partial charge in [-0.25, -0.2) is 0 Å². The summed E-state index contributed by atoms with van der Waals surface area (Å²) in [6.07, 6.45) is 0. The van der Waals surface area contributed by atoms with Crippen molar-refractivity contribution in [1.82, 2.24) is 9.13 Å². The van der Waals surface area contributed by atoms with Crippen LogP contribution in [0.1, 0.15) is 16.7 Å². The van der Waals surface area contributed by atoms with E-state index >= 15 is 0 Å². The van der Waals surface area contributed by atoms with Crippen molar-refractivity contribution in [2.75, 3.05) is 0 Å². The van der Waals surface area contributed by atoms with Crippen LogP contribution in [0.5, 0.6) is 0 Å². The van der Waals surface area contributed by atoms with Crippen molar-refractivity contribution in [3.05, 3.63) is 132 Å². The number of thiophene rings is 1. The lowest BCUT2D eigenvalue weighted by Gasteiger charge is -2.10. The fourth-order valence-corrected chi connectivity index (χ4v) is 8.31. The van der Waals surface area contributed by atoms with Gasteiger partial charge < -0.3 is 9.13 Å². The largest absolute Gasteiger partial charge is 0.309 e. The van der Waals surface area contributed by atoms with Crippen LogP contribution in [-0.4, -0.2) is 9.13 Å². The van der Waals surface area contributed by atoms with Gasteiger partial charge in [0.1, 0.15) is 0 Å². The van der Waals surface area contributed by atoms with Gasteiger partial charge in [-0.1, -0.05) is 71.8 Å². The van der Waals surface area contributed by atoms with Crippen LogP contribution in [0.15, 0.2) is 115 Å². The molecule has 42 heavy (non-hydrogen) atoms. The molecule has 3 aromatic heterocycles. The summed E-state index contributed by atoms with van der Waals surface area (Å²) in [5, 5.41) is 7.85. The van der Waals surface area contributed by atoms with Crippen LogP contribution < -0.4 is 0 Å². The van der Waals surface area contributed by atoms with E-state index in [1.807, 2.05) is 11.3 Å². The molecule has 0 aliphatic rings. The summed E-state index contributed by atoms with van der Waals surface area (Å²) in [5.74, 6) is 0. The van der Waals surface area contributed by atoms with Gasteiger partial charge in [0.15, 0.2) is 0 Å². The molecule has 0 bridgehead atoms. The fourth-order valence-electron chi connectivity index (χ4n) is 7.05. The van der Waals surface area contributed by atoms with Gasteiger partial charge in [0, 0.05) is 42.7 Å². The Hall–Kier alpha value is -4.86. The first kappa shape index (κ1) is 23.8. The van der Waals surface area contributed by atoms with E-state index in [0.29, 0.717) is 0 Å². The van der Waals surface area contributed by atoms with Crippen LogP contribution in [0.25, 0.3) is 75.2 Å². The Bertz CT molecular complexity index is 2550. The molecule has 0 radical (unpaired) electrons. The molecule has 0 spiro atoms. The molecule has 0 unspecified atom stereocenters. The van der Waals surface area contributed by atoms with E-state index in [1.54, 1.807) is 0 Å². The number of hydrogen-bond acceptors (Lipinski definition) is 1. The van der Waals surface area contributed by atoms with Gasteiger partial charge in [-0.05, 0) is 80.9 Å². The highest BCUT2D eigenvalue weighted by Gasteiger charge is 2.19. The first-order valence-corrected chi connectivity index (χ1v) is 15.3. The highest BCUT2D eigenvalue weighted by Crippen LogP contribution is 2.43. The molecule has 0 amide bonds. The van der Waals surface area contributed by atoms with Gasteiger partial charge in [0.25, 0.3) is 0 Å². The fraction of sp³-hybridized carbons (Fsp3) is 0.0769. The van der Waals surface area contributed by atoms with E-state index in [4.69, 9.17) is 0 Å². The zero-order valence-corrected chi connectivity index (χ0v) is 24.6. The number of aryl methyl sites for hydroxylation is 3. The lowest BCUT2D eigenvalue weighted by Crippen LogP contribution is -1.95. The van der Waals surface area contributed by atoms with Crippen LogP contribution in [0.4, 0.5) is 0 Å². The number of hydrogen-bond donors (Lipinski definition) is 0. The molecule has 0 saturated carbocycles. The Balaban J connectivity index is 1.36. The van der Waals surface area contributed by atoms with Crippen molar-refractivity contribution < 1.29 is 0 Å². The molecule has 6 aromatic carbocycles. The first-order valence-electron chi connectivity index (χ1n) is 14.5. The highest BCUT2D eigenvalue weighted by atomic mass is 32.1. The summed E-state index contributed by atoms with van der Waals surface area (Å²) >= 11 is 1.92. The Morgan fingerprint density at radius 3 is 1.69 bits per heavy atom. The summed E-state index contributed by atoms with van der Waals surface area (Å²) in [6.45, 7) is 6.62. The van der Waals surface area contributed by atoms with Crippen molar-refractivity contribution >= 4 is 75.1 Å². The minimum atomic E-state index is 1.22. The van der Waals surface area contributed by atoms with Crippen LogP contribution in [0.3, 0.4) is 0 Å². The van der Waals surface area contributed by atoms with Gasteiger partial charge in [-0.2, -0.15) is 0 Å². The predicted molar refractivity (Wildman–Crippen MR) is 182 cm³/mol. The molecule has 0 N–H and O–H groups in total. The summed E-state index contributed by atoms with van der Waals surface area (Å²) < 4.78 is 7.59. The van der Waals surface area contributed by atoms with Crippen molar-refractivity contribution in [2.24, 2.45) is 0 Å². The average Bonchev–Trinajstić information content (AvgIpc) is 3.65. The SMILES string of the molecule is Cc1ccc2c(c1)c1ccccc1n2-c1cc(C)c2sc3c(-n4c5ccccc5c5cc(C)ccc54)cccc3c2c1. The number of benzene rings is 6. The smallest absolute Gasteiger partial charge is 0.0640 e. The summed E-state index contributed by atoms with van der Waals surface area (Å²) in [7, 11) is 0. The molecular formula is C39H28N2S. The van der Waals surface area contributed by atoms with Crippen molar-refractivity contribution in [1.29, 1.82) is 0 Å². The Morgan fingerprint density at radius 1 is 0.429 bits per heavy atom. The standard InChI is InChI=1S/C39H28N2S/c1-23-15-17-35-30(19-23)27-9-4-6-12-33(27)40(35)26-21-25(3)38-32(22-26)29-11-8-14-37(39(29)42-38)41-34-13-7-5-10-28(34)31-20-24(2)16-18-36(31)41/h4-22H,1-3H3. The quantitative estimate of drug-likeness (QED) is 0.200. The lowest BCUT2D eigenvalue weighted by atomic mass is 10.1. The normalized spacial score (nSPS) is 12.2. The maximum absolute atomic E-state index is 2.47. The maximum atomic E-state index is 2.47. The van der Waals surface area contributed by atoms with E-state index in [9.17, 15) is 0 Å². The van der Waals surface area contributed by atoms with E-state index in [0.717, 1.165) is 0 Å². The molecule has 0 atom stereocenters. The summed E-state index contributed by atoms with van der Waals surface area (Å²) in [4.78, 5) is 0. The number of aromatic nitrogens is 2. The number of fused-ring (bicyclic) bond motifs is 9. The van der Waals surface area contributed by atoms with Gasteiger partial charge in [-0.15, -0.1) is 11.3 Å². The zero-order chi connectivity index (χ0) is 28.1. The summed E-state index contributed by atoms with van der Waals surface area (Å²) in [6, 6.07) is 42.8. The van der Waals surface area contributed by atoms with Gasteiger partial charge >= 0.3 is 0 Å². The van der Waals surface area contributed by atoms with Gasteiger partial charge in [-0.3, -0.25) is 0 Å². The van der Waals surface area contributed by atoms with E-state index < -0.39 is 0 Å². The molecule has 2 nitrogen and oxygen atoms in total. The van der Waals surface area contributed by atoms with Gasteiger partial charge in [0.05, 0.1) is 32.5 Å². The van der Waals surface area contributed by atoms with Crippen molar-refractivity contribution in [3.63, 3.8) is 0 Å². The van der Waals surface area contributed by atoms with Crippen LogP contribution >= 0.6 is 11.3 Å². The second kappa shape index (κ2) is 8.58. The van der Waals surface area contributed by atoms with E-state index in [1.165, 1.54) is 91.8 Å². The number of nitrogens with zero attached hydrogens (tertiary/aromatic N) is 2. The molecule has 0 aliphatic heterocycles. The van der Waals surface area contributed by atoms with Crippen molar-refractivity contribution in [2.45, 2.75) is 20.8 Å². The molecular weight excluding hydrogens is 529 g/mol. The van der Waals surface area contributed by atoms with E-state index in [-0.39, 0.29) is 0 Å². The topological polar surface area (TPSA) is 9.86 Å². The molecule has 9 rings (SSSR count). The Labute approximate surface area is 247 Å². The molecule has 200 valence electrons. The molecule has 0 fully saturated rings.